The van der Waals surface area contributed by atoms with Crippen molar-refractivity contribution in [2.75, 3.05) is 0 Å². The maximum absolute atomic E-state index is 3.99. The molecular formula is C46H89Br. The summed E-state index contributed by atoms with van der Waals surface area (Å²) in [5.41, 5.74) is 0.559. The van der Waals surface area contributed by atoms with Crippen molar-refractivity contribution in [2.24, 2.45) is 64.6 Å². The molecule has 0 N–H and O–H groups in total. The Kier molecular flexibility index (Phi) is 22.2. The Labute approximate surface area is 307 Å². The number of alkyl halides is 1. The van der Waals surface area contributed by atoms with Gasteiger partial charge in [-0.2, -0.15) is 0 Å². The number of halogens is 1. The van der Waals surface area contributed by atoms with Gasteiger partial charge in [-0.3, -0.25) is 0 Å². The third kappa shape index (κ3) is 16.6. The van der Waals surface area contributed by atoms with Crippen LogP contribution in [0.15, 0.2) is 0 Å². The third-order valence-electron chi connectivity index (χ3n) is 15.0. The zero-order valence-electron chi connectivity index (χ0n) is 34.2. The predicted molar refractivity (Wildman–Crippen MR) is 218 cm³/mol. The highest BCUT2D eigenvalue weighted by molar-refractivity contribution is 9.09. The maximum atomic E-state index is 3.99. The van der Waals surface area contributed by atoms with E-state index in [-0.39, 0.29) is 0 Å². The summed E-state index contributed by atoms with van der Waals surface area (Å²) in [5.74, 6) is 8.92. The van der Waals surface area contributed by atoms with Crippen LogP contribution in [0.25, 0.3) is 0 Å². The van der Waals surface area contributed by atoms with Crippen LogP contribution in [0.4, 0.5) is 0 Å². The molecule has 2 rings (SSSR count). The summed E-state index contributed by atoms with van der Waals surface area (Å²) in [7, 11) is 0. The van der Waals surface area contributed by atoms with Crippen molar-refractivity contribution in [2.45, 2.75) is 228 Å². The van der Waals surface area contributed by atoms with Gasteiger partial charge in [0.1, 0.15) is 0 Å². The highest BCUT2D eigenvalue weighted by Crippen LogP contribution is 2.43. The lowest BCUT2D eigenvalue weighted by atomic mass is 9.71. The standard InChI is InChI=1S/C46H89Br/c1-11-13-14-17-32-46(10)33-20-27-43(44-26-19-22-36(4)39(7)37(5)29-31-44)25-16-15-23-42(24-18-21-35(3)34-46)30-28-38(6)40(8)41(9)45(47)12-2/h35-45H,11-34H2,1-10H3/t35?,36?,37?,38-,39?,40?,41?,42?,43?,44?,45?,46?/m1/s1. The highest BCUT2D eigenvalue weighted by Gasteiger charge is 2.30. The van der Waals surface area contributed by atoms with Crippen LogP contribution in [0.3, 0.4) is 0 Å². The first-order valence-electron chi connectivity index (χ1n) is 22.0. The molecule has 0 bridgehead atoms. The van der Waals surface area contributed by atoms with E-state index >= 15 is 0 Å². The normalized spacial score (nSPS) is 35.7. The van der Waals surface area contributed by atoms with Crippen LogP contribution in [-0.4, -0.2) is 4.83 Å². The van der Waals surface area contributed by atoms with Gasteiger partial charge in [0.2, 0.25) is 0 Å². The lowest BCUT2D eigenvalue weighted by Crippen LogP contribution is -2.24. The summed E-state index contributed by atoms with van der Waals surface area (Å²) in [6, 6.07) is 0. The number of rotatable bonds is 13. The fourth-order valence-corrected chi connectivity index (χ4v) is 11.0. The quantitative estimate of drug-likeness (QED) is 0.131. The zero-order valence-corrected chi connectivity index (χ0v) is 35.8. The molecule has 280 valence electrons. The fraction of sp³-hybridized carbons (Fsp3) is 1.00. The lowest BCUT2D eigenvalue weighted by molar-refractivity contribution is 0.173. The second kappa shape index (κ2) is 23.9. The second-order valence-corrected chi connectivity index (χ2v) is 20.1. The second-order valence-electron chi connectivity index (χ2n) is 18.9. The van der Waals surface area contributed by atoms with E-state index in [1.807, 2.05) is 0 Å². The number of unbranched alkanes of at least 4 members (excludes halogenated alkanes) is 3. The lowest BCUT2D eigenvalue weighted by Gasteiger charge is -2.34. The van der Waals surface area contributed by atoms with Crippen LogP contribution in [0.2, 0.25) is 0 Å². The monoisotopic (exact) mass is 721 g/mol. The fourth-order valence-electron chi connectivity index (χ4n) is 10.5. The molecule has 0 amide bonds. The van der Waals surface area contributed by atoms with Crippen molar-refractivity contribution in [1.82, 2.24) is 0 Å². The summed E-state index contributed by atoms with van der Waals surface area (Å²) < 4.78 is 0. The predicted octanol–water partition coefficient (Wildman–Crippen LogP) is 16.5. The Morgan fingerprint density at radius 1 is 0.660 bits per heavy atom. The molecule has 0 radical (unpaired) electrons. The largest absolute Gasteiger partial charge is 0.0888 e. The topological polar surface area (TPSA) is 0 Å². The van der Waals surface area contributed by atoms with E-state index in [2.05, 4.69) is 85.2 Å². The maximum Gasteiger partial charge on any atom is 0.0171 e. The molecule has 2 aliphatic carbocycles. The van der Waals surface area contributed by atoms with Gasteiger partial charge in [0.05, 0.1) is 0 Å². The van der Waals surface area contributed by atoms with E-state index in [1.54, 1.807) is 0 Å². The molecule has 0 spiro atoms. The van der Waals surface area contributed by atoms with Crippen molar-refractivity contribution < 1.29 is 0 Å². The molecule has 0 nitrogen and oxygen atoms in total. The average Bonchev–Trinajstić information content (AvgIpc) is 3.10. The van der Waals surface area contributed by atoms with Gasteiger partial charge in [-0.15, -0.1) is 0 Å². The van der Waals surface area contributed by atoms with E-state index in [0.717, 1.165) is 59.2 Å². The minimum atomic E-state index is 0.559. The van der Waals surface area contributed by atoms with Gasteiger partial charge in [0.15, 0.2) is 0 Å². The van der Waals surface area contributed by atoms with E-state index in [0.29, 0.717) is 10.2 Å². The van der Waals surface area contributed by atoms with Gasteiger partial charge < -0.3 is 0 Å². The van der Waals surface area contributed by atoms with Gasteiger partial charge in [-0.25, -0.2) is 0 Å². The van der Waals surface area contributed by atoms with Gasteiger partial charge in [0.25, 0.3) is 0 Å². The van der Waals surface area contributed by atoms with E-state index in [4.69, 9.17) is 0 Å². The average molecular weight is 722 g/mol. The Hall–Kier alpha value is 0.480. The molecule has 11 unspecified atom stereocenters. The molecule has 0 aromatic carbocycles. The van der Waals surface area contributed by atoms with Gasteiger partial charge >= 0.3 is 0 Å². The Morgan fingerprint density at radius 2 is 1.28 bits per heavy atom. The Bertz CT molecular complexity index is 760. The van der Waals surface area contributed by atoms with Crippen LogP contribution in [0, 0.1) is 64.6 Å². The SMILES string of the molecule is CCCCCCC1(C)CCCC(C2CCCC(C)C(C)C(C)CC2)CCCCC(CC[C@@H](C)C(C)C(C)C(Br)CC)CCCC(C)C1. The summed E-state index contributed by atoms with van der Waals surface area (Å²) in [4.78, 5) is 0.669. The molecule has 0 aromatic rings. The molecular weight excluding hydrogens is 632 g/mol. The molecule has 0 heterocycles. The van der Waals surface area contributed by atoms with E-state index in [1.165, 1.54) is 154 Å². The third-order valence-corrected chi connectivity index (χ3v) is 16.5. The number of hydrogen-bond acceptors (Lipinski definition) is 0. The minimum absolute atomic E-state index is 0.559. The first kappa shape index (κ1) is 43.6. The smallest absolute Gasteiger partial charge is 0.0171 e. The molecule has 0 aliphatic heterocycles. The van der Waals surface area contributed by atoms with Crippen LogP contribution in [-0.2, 0) is 0 Å². The summed E-state index contributed by atoms with van der Waals surface area (Å²) in [6.45, 7) is 25.3. The van der Waals surface area contributed by atoms with Crippen LogP contribution in [0.5, 0.6) is 0 Å². The highest BCUT2D eigenvalue weighted by atomic mass is 79.9. The molecule has 47 heavy (non-hydrogen) atoms. The summed E-state index contributed by atoms with van der Waals surface area (Å²) in [6.07, 6.45) is 35.2. The molecule has 0 saturated heterocycles. The first-order chi connectivity index (χ1) is 22.4. The van der Waals surface area contributed by atoms with Gasteiger partial charge in [-0.1, -0.05) is 207 Å². The molecule has 1 heteroatoms. The van der Waals surface area contributed by atoms with Gasteiger partial charge in [-0.05, 0) is 96.7 Å². The molecule has 12 atom stereocenters. The van der Waals surface area contributed by atoms with E-state index < -0.39 is 0 Å². The Balaban J connectivity index is 2.16. The van der Waals surface area contributed by atoms with E-state index in [9.17, 15) is 0 Å². The first-order valence-corrected chi connectivity index (χ1v) is 23.0. The van der Waals surface area contributed by atoms with Crippen molar-refractivity contribution in [3.63, 3.8) is 0 Å². The zero-order chi connectivity index (χ0) is 34.8. The van der Waals surface area contributed by atoms with Crippen molar-refractivity contribution >= 4 is 15.9 Å². The number of hydrogen-bond donors (Lipinski definition) is 0. The molecule has 2 fully saturated rings. The van der Waals surface area contributed by atoms with Crippen LogP contribution < -0.4 is 0 Å². The minimum Gasteiger partial charge on any atom is -0.0888 e. The molecule has 2 saturated carbocycles. The molecule has 2 aliphatic rings. The van der Waals surface area contributed by atoms with Crippen molar-refractivity contribution in [1.29, 1.82) is 0 Å². The summed E-state index contributed by atoms with van der Waals surface area (Å²) in [5, 5.41) is 0. The molecule has 0 aromatic heterocycles. The Morgan fingerprint density at radius 3 is 2.00 bits per heavy atom. The van der Waals surface area contributed by atoms with Crippen LogP contribution in [0.1, 0.15) is 223 Å². The summed E-state index contributed by atoms with van der Waals surface area (Å²) >= 11 is 3.99. The van der Waals surface area contributed by atoms with Crippen LogP contribution >= 0.6 is 15.9 Å². The van der Waals surface area contributed by atoms with Crippen molar-refractivity contribution in [3.05, 3.63) is 0 Å². The van der Waals surface area contributed by atoms with Gasteiger partial charge in [0, 0.05) is 4.83 Å². The van der Waals surface area contributed by atoms with Crippen molar-refractivity contribution in [3.8, 4) is 0 Å².